The van der Waals surface area contributed by atoms with Crippen LogP contribution in [0.4, 0.5) is 0 Å². The quantitative estimate of drug-likeness (QED) is 0.718. The predicted octanol–water partition coefficient (Wildman–Crippen LogP) is 1.43. The monoisotopic (exact) mass is 385 g/mol. The second-order valence-electron chi connectivity index (χ2n) is 7.01. The number of hydrogen-bond acceptors (Lipinski definition) is 5. The Kier molecular flexibility index (Phi) is 7.69. The van der Waals surface area contributed by atoms with E-state index >= 15 is 0 Å². The minimum Gasteiger partial charge on any atom is -0.412 e. The number of hydrogen-bond donors (Lipinski definition) is 3. The van der Waals surface area contributed by atoms with Crippen molar-refractivity contribution >= 4 is 0 Å². The zero-order chi connectivity index (χ0) is 19.4. The topological polar surface area (TPSA) is 125 Å². The molecule has 6 heteroatoms. The lowest BCUT2D eigenvalue weighted by Gasteiger charge is -2.36. The maximum absolute atomic E-state index is 10.1. The van der Waals surface area contributed by atoms with Crippen LogP contribution in [-0.2, 0) is 17.6 Å². The standard InChI is InChI=1S/C22H25NO4.H2O/c1-2-14-3-5-15(6-4-14)9-18-10-16(7-8-17(18)12-23)20-11-19(25)22(26)21(13-24)27-20;/h3-8,10,19-22,24-26H,2,9,11,13H2,1H3;1H2/t19-,20-,21-,22?;/m1./s1. The van der Waals surface area contributed by atoms with E-state index in [0.717, 1.165) is 23.1 Å². The first kappa shape index (κ1) is 22.0. The smallest absolute Gasteiger partial charge is 0.110 e. The van der Waals surface area contributed by atoms with Crippen LogP contribution in [0.25, 0.3) is 0 Å². The van der Waals surface area contributed by atoms with E-state index in [0.29, 0.717) is 12.0 Å². The molecule has 2 aromatic rings. The molecule has 1 saturated heterocycles. The molecule has 2 aromatic carbocycles. The highest BCUT2D eigenvalue weighted by Gasteiger charge is 2.37. The second kappa shape index (κ2) is 9.78. The van der Waals surface area contributed by atoms with Gasteiger partial charge < -0.3 is 25.5 Å². The summed E-state index contributed by atoms with van der Waals surface area (Å²) in [5.74, 6) is 0. The SMILES string of the molecule is CCc1ccc(Cc2cc([C@H]3C[C@@H](O)C(O)[C@@H](CO)O3)ccc2C#N)cc1.O. The number of nitrogens with zero attached hydrogens (tertiary/aromatic N) is 1. The van der Waals surface area contributed by atoms with Crippen molar-refractivity contribution in [1.29, 1.82) is 5.26 Å². The number of rotatable bonds is 5. The van der Waals surface area contributed by atoms with Crippen molar-refractivity contribution in [1.82, 2.24) is 0 Å². The molecule has 1 aliphatic heterocycles. The summed E-state index contributed by atoms with van der Waals surface area (Å²) in [4.78, 5) is 0. The molecule has 0 saturated carbocycles. The summed E-state index contributed by atoms with van der Waals surface area (Å²) in [7, 11) is 0. The Labute approximate surface area is 165 Å². The van der Waals surface area contributed by atoms with Crippen LogP contribution in [0.3, 0.4) is 0 Å². The molecule has 1 unspecified atom stereocenters. The van der Waals surface area contributed by atoms with Gasteiger partial charge in [0.2, 0.25) is 0 Å². The highest BCUT2D eigenvalue weighted by Crippen LogP contribution is 2.33. The third-order valence-corrected chi connectivity index (χ3v) is 5.20. The lowest BCUT2D eigenvalue weighted by Crippen LogP contribution is -2.47. The summed E-state index contributed by atoms with van der Waals surface area (Å²) in [6, 6.07) is 16.1. The van der Waals surface area contributed by atoms with Gasteiger partial charge >= 0.3 is 0 Å². The summed E-state index contributed by atoms with van der Waals surface area (Å²) < 4.78 is 5.77. The molecule has 5 N–H and O–H groups in total. The van der Waals surface area contributed by atoms with Crippen LogP contribution in [0, 0.1) is 11.3 Å². The fourth-order valence-electron chi connectivity index (χ4n) is 3.50. The van der Waals surface area contributed by atoms with Gasteiger partial charge in [0.15, 0.2) is 0 Å². The Hall–Kier alpha value is -2.27. The van der Waals surface area contributed by atoms with Crippen molar-refractivity contribution in [3.63, 3.8) is 0 Å². The molecular formula is C22H27NO5. The largest absolute Gasteiger partial charge is 0.412 e. The Morgan fingerprint density at radius 1 is 1.11 bits per heavy atom. The van der Waals surface area contributed by atoms with E-state index in [2.05, 4.69) is 37.3 Å². The van der Waals surface area contributed by atoms with E-state index in [1.807, 2.05) is 12.1 Å². The fourth-order valence-corrected chi connectivity index (χ4v) is 3.50. The molecule has 1 aliphatic rings. The third kappa shape index (κ3) is 4.76. The molecule has 4 atom stereocenters. The van der Waals surface area contributed by atoms with Crippen LogP contribution < -0.4 is 0 Å². The predicted molar refractivity (Wildman–Crippen MR) is 105 cm³/mol. The minimum absolute atomic E-state index is 0. The molecular weight excluding hydrogens is 358 g/mol. The number of nitriles is 1. The molecule has 150 valence electrons. The van der Waals surface area contributed by atoms with E-state index < -0.39 is 24.4 Å². The lowest BCUT2D eigenvalue weighted by molar-refractivity contribution is -0.181. The van der Waals surface area contributed by atoms with Crippen LogP contribution in [0.5, 0.6) is 0 Å². The first-order valence-electron chi connectivity index (χ1n) is 9.28. The van der Waals surface area contributed by atoms with Crippen LogP contribution in [0.2, 0.25) is 0 Å². The summed E-state index contributed by atoms with van der Waals surface area (Å²) >= 11 is 0. The summed E-state index contributed by atoms with van der Waals surface area (Å²) in [5.41, 5.74) is 4.72. The van der Waals surface area contributed by atoms with Crippen molar-refractivity contribution in [2.45, 2.75) is 50.6 Å². The molecule has 0 bridgehead atoms. The molecule has 0 amide bonds. The fraction of sp³-hybridized carbons (Fsp3) is 0.409. The number of aliphatic hydroxyl groups excluding tert-OH is 3. The minimum atomic E-state index is -1.10. The average molecular weight is 385 g/mol. The van der Waals surface area contributed by atoms with Gasteiger partial charge in [-0.15, -0.1) is 0 Å². The zero-order valence-corrected chi connectivity index (χ0v) is 15.9. The summed E-state index contributed by atoms with van der Waals surface area (Å²) in [5, 5.41) is 38.8. The molecule has 1 heterocycles. The van der Waals surface area contributed by atoms with Crippen molar-refractivity contribution < 1.29 is 25.5 Å². The van der Waals surface area contributed by atoms with Gasteiger partial charge in [0, 0.05) is 6.42 Å². The van der Waals surface area contributed by atoms with Crippen LogP contribution in [-0.4, -0.2) is 45.7 Å². The summed E-state index contributed by atoms with van der Waals surface area (Å²) in [6.07, 6.45) is -1.45. The van der Waals surface area contributed by atoms with E-state index in [-0.39, 0.29) is 18.5 Å². The lowest BCUT2D eigenvalue weighted by atomic mass is 9.91. The van der Waals surface area contributed by atoms with Gasteiger partial charge in [-0.25, -0.2) is 0 Å². The molecule has 28 heavy (non-hydrogen) atoms. The number of aryl methyl sites for hydroxylation is 1. The maximum Gasteiger partial charge on any atom is 0.110 e. The van der Waals surface area contributed by atoms with Crippen molar-refractivity contribution in [3.05, 3.63) is 70.3 Å². The highest BCUT2D eigenvalue weighted by molar-refractivity contribution is 5.44. The third-order valence-electron chi connectivity index (χ3n) is 5.20. The normalized spacial score (nSPS) is 24.2. The van der Waals surface area contributed by atoms with Gasteiger partial charge in [-0.3, -0.25) is 0 Å². The Balaban J connectivity index is 0.00000280. The molecule has 0 spiro atoms. The van der Waals surface area contributed by atoms with E-state index in [4.69, 9.17) is 4.74 Å². The van der Waals surface area contributed by atoms with Crippen LogP contribution in [0.15, 0.2) is 42.5 Å². The summed E-state index contributed by atoms with van der Waals surface area (Å²) in [6.45, 7) is 1.75. The number of benzene rings is 2. The molecule has 0 radical (unpaired) electrons. The molecule has 0 aliphatic carbocycles. The Morgan fingerprint density at radius 2 is 1.79 bits per heavy atom. The van der Waals surface area contributed by atoms with Gasteiger partial charge in [0.25, 0.3) is 0 Å². The molecule has 1 fully saturated rings. The zero-order valence-electron chi connectivity index (χ0n) is 15.9. The number of aliphatic hydroxyl groups is 3. The maximum atomic E-state index is 10.1. The Bertz CT molecular complexity index is 815. The van der Waals surface area contributed by atoms with E-state index in [1.165, 1.54) is 5.56 Å². The molecule has 6 nitrogen and oxygen atoms in total. The van der Waals surface area contributed by atoms with Gasteiger partial charge in [0.05, 0.1) is 30.4 Å². The van der Waals surface area contributed by atoms with E-state index in [9.17, 15) is 20.6 Å². The highest BCUT2D eigenvalue weighted by atomic mass is 16.5. The van der Waals surface area contributed by atoms with E-state index in [1.54, 1.807) is 6.07 Å². The molecule has 0 aromatic heterocycles. The first-order chi connectivity index (χ1) is 13.0. The van der Waals surface area contributed by atoms with Gasteiger partial charge in [0.1, 0.15) is 12.2 Å². The molecule has 3 rings (SSSR count). The van der Waals surface area contributed by atoms with Gasteiger partial charge in [-0.05, 0) is 41.2 Å². The van der Waals surface area contributed by atoms with Crippen molar-refractivity contribution in [2.75, 3.05) is 6.61 Å². The van der Waals surface area contributed by atoms with Crippen LogP contribution >= 0.6 is 0 Å². The van der Waals surface area contributed by atoms with Crippen LogP contribution in [0.1, 0.15) is 47.3 Å². The Morgan fingerprint density at radius 3 is 2.39 bits per heavy atom. The average Bonchev–Trinajstić information content (AvgIpc) is 2.70. The van der Waals surface area contributed by atoms with Crippen molar-refractivity contribution in [3.8, 4) is 6.07 Å². The first-order valence-corrected chi connectivity index (χ1v) is 9.28. The van der Waals surface area contributed by atoms with Gasteiger partial charge in [-0.2, -0.15) is 5.26 Å². The van der Waals surface area contributed by atoms with Crippen molar-refractivity contribution in [2.24, 2.45) is 0 Å². The second-order valence-corrected chi connectivity index (χ2v) is 7.01. The van der Waals surface area contributed by atoms with Gasteiger partial charge in [-0.1, -0.05) is 43.3 Å². The number of ether oxygens (including phenoxy) is 1.